The number of aliphatic imine (C=N–C) groups is 3. The quantitative estimate of drug-likeness (QED) is 0.0953. The Morgan fingerprint density at radius 3 is 2.01 bits per heavy atom. The van der Waals surface area contributed by atoms with Gasteiger partial charge in [-0.1, -0.05) is 109 Å². The zero-order chi connectivity index (χ0) is 49.2. The smallest absolute Gasteiger partial charge is 0.276 e. The molecule has 0 saturated carbocycles. The Morgan fingerprint density at radius 1 is 0.710 bits per heavy atom. The number of nitrogens with zero attached hydrogens (tertiary/aromatic N) is 6. The molecule has 0 saturated heterocycles. The molecule has 0 fully saturated rings. The van der Waals surface area contributed by atoms with Gasteiger partial charge in [-0.15, -0.1) is 0 Å². The van der Waals surface area contributed by atoms with E-state index >= 15 is 0 Å². The number of nitro groups is 1. The molecule has 0 bridgehead atoms. The number of amides is 3. The van der Waals surface area contributed by atoms with E-state index < -0.39 is 17.1 Å². The Labute approximate surface area is 411 Å². The molecule has 1 unspecified atom stereocenters. The molecule has 0 radical (unpaired) electrons. The van der Waals surface area contributed by atoms with Gasteiger partial charge in [0.25, 0.3) is 11.6 Å². The normalized spacial score (nSPS) is 15.1. The van der Waals surface area contributed by atoms with Gasteiger partial charge in [0.15, 0.2) is 0 Å². The van der Waals surface area contributed by atoms with Crippen LogP contribution in [0, 0.1) is 15.9 Å². The lowest BCUT2D eigenvalue weighted by molar-refractivity contribution is -0.384. The predicted molar refractivity (Wildman–Crippen MR) is 270 cm³/mol. The van der Waals surface area contributed by atoms with Crippen LogP contribution in [0.15, 0.2) is 148 Å². The van der Waals surface area contributed by atoms with Crippen LogP contribution in [-0.4, -0.2) is 95.3 Å². The number of carbonyl (C=O) groups excluding carboxylic acids is 3. The molecule has 14 nitrogen and oxygen atoms in total. The molecule has 3 aliphatic rings. The van der Waals surface area contributed by atoms with Crippen LogP contribution in [0.1, 0.15) is 47.2 Å². The highest BCUT2D eigenvalue weighted by Crippen LogP contribution is 2.32. The van der Waals surface area contributed by atoms with Crippen LogP contribution in [0.5, 0.6) is 0 Å². The third-order valence-corrected chi connectivity index (χ3v) is 11.9. The van der Waals surface area contributed by atoms with Gasteiger partial charge in [0.2, 0.25) is 18.0 Å². The topological polar surface area (TPSA) is 182 Å². The molecule has 6 aromatic rings. The third-order valence-electron chi connectivity index (χ3n) is 11.1. The van der Waals surface area contributed by atoms with Gasteiger partial charge in [0, 0.05) is 73.7 Å². The van der Waals surface area contributed by atoms with Crippen LogP contribution < -0.4 is 15.5 Å². The summed E-state index contributed by atoms with van der Waals surface area (Å²) < 4.78 is 14.4. The summed E-state index contributed by atoms with van der Waals surface area (Å²) in [5.74, 6) is -1.31. The van der Waals surface area contributed by atoms with E-state index in [9.17, 15) is 34.0 Å². The molecular weight excluding hydrogens is 946 g/mol. The van der Waals surface area contributed by atoms with Crippen LogP contribution in [0.2, 0.25) is 15.1 Å². The van der Waals surface area contributed by atoms with Crippen LogP contribution >= 0.6 is 34.8 Å². The Hall–Kier alpha value is -7.14. The Kier molecular flexibility index (Phi) is 16.4. The van der Waals surface area contributed by atoms with E-state index in [1.807, 2.05) is 36.4 Å². The van der Waals surface area contributed by atoms with E-state index in [1.165, 1.54) is 24.3 Å². The van der Waals surface area contributed by atoms with Gasteiger partial charge in [-0.25, -0.2) is 9.38 Å². The molecule has 0 aliphatic carbocycles. The fourth-order valence-corrected chi connectivity index (χ4v) is 8.22. The number of nitro benzene ring substituents is 1. The second-order valence-corrected chi connectivity index (χ2v) is 16.7. The van der Waals surface area contributed by atoms with Gasteiger partial charge in [-0.2, -0.15) is 0 Å². The lowest BCUT2D eigenvalue weighted by Gasteiger charge is -2.27. The first-order valence-corrected chi connectivity index (χ1v) is 22.8. The maximum atomic E-state index is 14.4. The van der Waals surface area contributed by atoms with Gasteiger partial charge in [0.1, 0.15) is 18.9 Å². The Balaban J connectivity index is 0.000000155. The van der Waals surface area contributed by atoms with E-state index in [4.69, 9.17) is 34.8 Å². The second kappa shape index (κ2) is 22.8. The van der Waals surface area contributed by atoms with Crippen LogP contribution in [0.25, 0.3) is 0 Å². The fraction of sp³-hybridized carbons (Fsp3) is 0.176. The van der Waals surface area contributed by atoms with Crippen molar-refractivity contribution in [3.8, 4) is 0 Å². The molecule has 352 valence electrons. The highest BCUT2D eigenvalue weighted by Gasteiger charge is 2.28. The zero-order valence-corrected chi connectivity index (χ0v) is 39.5. The van der Waals surface area contributed by atoms with Crippen LogP contribution in [-0.2, 0) is 14.4 Å². The van der Waals surface area contributed by atoms with Crippen molar-refractivity contribution in [3.05, 3.63) is 198 Å². The minimum atomic E-state index is -1.50. The molecule has 9 rings (SSSR count). The van der Waals surface area contributed by atoms with Crippen molar-refractivity contribution in [1.29, 1.82) is 0 Å². The van der Waals surface area contributed by atoms with Gasteiger partial charge >= 0.3 is 0 Å². The minimum Gasteiger partial charge on any atom is -0.364 e. The highest BCUT2D eigenvalue weighted by atomic mass is 35.5. The summed E-state index contributed by atoms with van der Waals surface area (Å²) >= 11 is 18.5. The van der Waals surface area contributed by atoms with Gasteiger partial charge in [-0.3, -0.25) is 34.5 Å². The van der Waals surface area contributed by atoms with Crippen molar-refractivity contribution in [3.63, 3.8) is 0 Å². The van der Waals surface area contributed by atoms with E-state index in [2.05, 4.69) is 44.4 Å². The molecule has 3 aliphatic heterocycles. The number of rotatable bonds is 9. The minimum absolute atomic E-state index is 0.00724. The van der Waals surface area contributed by atoms with E-state index in [-0.39, 0.29) is 36.4 Å². The summed E-state index contributed by atoms with van der Waals surface area (Å²) in [5, 5.41) is 27.6. The first kappa shape index (κ1) is 49.8. The number of likely N-dealkylation sites (N-methyl/N-ethyl adjacent to an activating group) is 1. The van der Waals surface area contributed by atoms with Crippen molar-refractivity contribution in [1.82, 2.24) is 4.90 Å². The van der Waals surface area contributed by atoms with Crippen LogP contribution in [0.3, 0.4) is 0 Å². The first-order chi connectivity index (χ1) is 33.3. The molecular formula is C51H44Cl3FN8O6. The summed E-state index contributed by atoms with van der Waals surface area (Å²) in [6, 6.07) is 37.5. The monoisotopic (exact) mass is 988 g/mol. The zero-order valence-electron chi connectivity index (χ0n) is 37.2. The third kappa shape index (κ3) is 11.9. The molecule has 69 heavy (non-hydrogen) atoms. The SMILES string of the molecule is CCN(CC)CCN1C(=O)CN=C(c2ccccc2F)c2cc(Cl)ccc21.O=C1CN=C(c2ccccc2)c2cc([N+](=O)[O-])ccc2N1.O=C1Nc2ccc(Cl)cc2C(c2ccccc2Cl)=NC1O. The number of nitrogens with one attached hydrogen (secondary N) is 2. The molecule has 18 heteroatoms. The number of hydrogen-bond acceptors (Lipinski definition) is 10. The average Bonchev–Trinajstić information content (AvgIpc) is 3.66. The summed E-state index contributed by atoms with van der Waals surface area (Å²) in [5.41, 5.74) is 6.86. The van der Waals surface area contributed by atoms with Gasteiger partial charge < -0.3 is 25.5 Å². The van der Waals surface area contributed by atoms with Crippen molar-refractivity contribution < 1.29 is 28.8 Å². The van der Waals surface area contributed by atoms with Crippen molar-refractivity contribution >= 4 is 92.4 Å². The average molecular weight is 990 g/mol. The summed E-state index contributed by atoms with van der Waals surface area (Å²) in [7, 11) is 0. The van der Waals surface area contributed by atoms with Crippen LogP contribution in [0.4, 0.5) is 27.1 Å². The molecule has 0 spiro atoms. The van der Waals surface area contributed by atoms with Crippen molar-refractivity contribution in [2.45, 2.75) is 20.1 Å². The number of benzene rings is 6. The summed E-state index contributed by atoms with van der Waals surface area (Å²) in [6.07, 6.45) is -1.50. The largest absolute Gasteiger partial charge is 0.364 e. The number of carbonyl (C=O) groups is 3. The molecule has 3 N–H and O–H groups in total. The number of benzodiazepines with no additional fused rings is 3. The number of aliphatic hydroxyl groups excluding tert-OH is 1. The molecule has 6 aromatic carbocycles. The Bertz CT molecular complexity index is 3020. The van der Waals surface area contributed by atoms with E-state index in [0.717, 1.165) is 30.9 Å². The predicted octanol–water partition coefficient (Wildman–Crippen LogP) is 9.49. The number of aliphatic hydroxyl groups is 1. The molecule has 0 aromatic heterocycles. The first-order valence-electron chi connectivity index (χ1n) is 21.7. The summed E-state index contributed by atoms with van der Waals surface area (Å²) in [6.45, 7) is 7.32. The number of non-ortho nitro benzene ring substituents is 1. The molecule has 1 atom stereocenters. The molecule has 3 heterocycles. The second-order valence-electron chi connectivity index (χ2n) is 15.5. The van der Waals surface area contributed by atoms with E-state index in [0.29, 0.717) is 77.9 Å². The number of fused-ring (bicyclic) bond motifs is 3. The number of halogens is 4. The van der Waals surface area contributed by atoms with Gasteiger partial charge in [0.05, 0.1) is 39.1 Å². The summed E-state index contributed by atoms with van der Waals surface area (Å²) in [4.78, 5) is 63.6. The standard InChI is InChI=1S/C21H23ClFN3O.C15H10Cl2N2O2.C15H11N3O3/c1-3-25(4-2)11-12-26-19-10-9-15(22)13-17(19)21(24-14-20(26)27)16-7-5-6-8-18(16)23;16-8-5-6-12-10(7-8)13(19-15(21)14(20)18-12)9-3-1-2-4-11(9)17;19-14-9-16-15(10-4-2-1-3-5-10)12-8-11(18(20)21)6-7-13(12)17-14/h5-10,13H,3-4,11-12,14H2,1-2H3;1-7,15,21H,(H,18,20);1-8H,9H2,(H,17,19). The van der Waals surface area contributed by atoms with E-state index in [1.54, 1.807) is 77.7 Å². The van der Waals surface area contributed by atoms with Crippen molar-refractivity contribution in [2.24, 2.45) is 15.0 Å². The molecule has 3 amide bonds. The Morgan fingerprint density at radius 2 is 1.32 bits per heavy atom. The maximum absolute atomic E-state index is 14.4. The lowest BCUT2D eigenvalue weighted by Crippen LogP contribution is -2.39. The van der Waals surface area contributed by atoms with Gasteiger partial charge in [-0.05, 0) is 73.8 Å². The number of anilines is 3. The van der Waals surface area contributed by atoms with Crippen molar-refractivity contribution in [2.75, 3.05) is 54.8 Å². The fourth-order valence-electron chi connectivity index (χ4n) is 7.65. The maximum Gasteiger partial charge on any atom is 0.276 e. The lowest BCUT2D eigenvalue weighted by atomic mass is 9.99. The highest BCUT2D eigenvalue weighted by molar-refractivity contribution is 6.37. The number of hydrogen-bond donors (Lipinski definition) is 3.